The standard InChI is InChI=1S/C16H24N2/c1-2-13-7-10-18(11-8-13)15-5-6-16-14(12-15)4-3-9-17-16/h5-6,12-13,17H,2-4,7-11H2,1H3. The van der Waals surface area contributed by atoms with E-state index in [1.807, 2.05) is 0 Å². The smallest absolute Gasteiger partial charge is 0.0374 e. The highest BCUT2D eigenvalue weighted by Gasteiger charge is 2.19. The summed E-state index contributed by atoms with van der Waals surface area (Å²) < 4.78 is 0. The maximum atomic E-state index is 3.49. The summed E-state index contributed by atoms with van der Waals surface area (Å²) >= 11 is 0. The Bertz CT molecular complexity index is 406. The van der Waals surface area contributed by atoms with Crippen molar-refractivity contribution in [1.29, 1.82) is 0 Å². The zero-order chi connectivity index (χ0) is 12.4. The molecule has 0 saturated carbocycles. The summed E-state index contributed by atoms with van der Waals surface area (Å²) in [4.78, 5) is 2.57. The Morgan fingerprint density at radius 2 is 2.11 bits per heavy atom. The summed E-state index contributed by atoms with van der Waals surface area (Å²) in [5.41, 5.74) is 4.30. The van der Waals surface area contributed by atoms with E-state index < -0.39 is 0 Å². The van der Waals surface area contributed by atoms with Crippen LogP contribution in [0.25, 0.3) is 0 Å². The highest BCUT2D eigenvalue weighted by atomic mass is 15.1. The summed E-state index contributed by atoms with van der Waals surface area (Å²) in [6.45, 7) is 5.94. The summed E-state index contributed by atoms with van der Waals surface area (Å²) in [7, 11) is 0. The Balaban J connectivity index is 1.73. The van der Waals surface area contributed by atoms with Gasteiger partial charge in [0.1, 0.15) is 0 Å². The Morgan fingerprint density at radius 3 is 2.89 bits per heavy atom. The van der Waals surface area contributed by atoms with E-state index in [0.29, 0.717) is 0 Å². The van der Waals surface area contributed by atoms with Crippen molar-refractivity contribution in [3.8, 4) is 0 Å². The van der Waals surface area contributed by atoms with E-state index in [4.69, 9.17) is 0 Å². The molecule has 1 aromatic carbocycles. The average molecular weight is 244 g/mol. The van der Waals surface area contributed by atoms with Crippen LogP contribution in [0.5, 0.6) is 0 Å². The van der Waals surface area contributed by atoms with Gasteiger partial charge in [0.15, 0.2) is 0 Å². The molecule has 18 heavy (non-hydrogen) atoms. The lowest BCUT2D eigenvalue weighted by Crippen LogP contribution is -2.33. The molecule has 3 rings (SSSR count). The molecule has 0 aliphatic carbocycles. The van der Waals surface area contributed by atoms with Gasteiger partial charge in [0.05, 0.1) is 0 Å². The molecule has 2 aliphatic rings. The molecular weight excluding hydrogens is 220 g/mol. The van der Waals surface area contributed by atoms with Crippen LogP contribution in [0.15, 0.2) is 18.2 Å². The number of rotatable bonds is 2. The minimum atomic E-state index is 0.959. The minimum Gasteiger partial charge on any atom is -0.385 e. The van der Waals surface area contributed by atoms with Crippen LogP contribution in [-0.2, 0) is 6.42 Å². The van der Waals surface area contributed by atoms with Gasteiger partial charge in [0.25, 0.3) is 0 Å². The van der Waals surface area contributed by atoms with Crippen LogP contribution < -0.4 is 10.2 Å². The van der Waals surface area contributed by atoms with Crippen LogP contribution in [0.2, 0.25) is 0 Å². The first kappa shape index (κ1) is 11.9. The number of hydrogen-bond donors (Lipinski definition) is 1. The van der Waals surface area contributed by atoms with E-state index in [1.54, 1.807) is 0 Å². The first-order valence-corrected chi connectivity index (χ1v) is 7.48. The van der Waals surface area contributed by atoms with Crippen LogP contribution >= 0.6 is 0 Å². The molecule has 0 radical (unpaired) electrons. The second-order valence-electron chi connectivity index (χ2n) is 5.71. The number of piperidine rings is 1. The van der Waals surface area contributed by atoms with Gasteiger partial charge in [-0.25, -0.2) is 0 Å². The molecular formula is C16H24N2. The van der Waals surface area contributed by atoms with Crippen molar-refractivity contribution in [3.63, 3.8) is 0 Å². The third kappa shape index (κ3) is 2.33. The first-order valence-electron chi connectivity index (χ1n) is 7.48. The number of hydrogen-bond acceptors (Lipinski definition) is 2. The van der Waals surface area contributed by atoms with Gasteiger partial charge in [0, 0.05) is 31.0 Å². The normalized spacial score (nSPS) is 20.4. The van der Waals surface area contributed by atoms with Crippen molar-refractivity contribution in [2.45, 2.75) is 39.0 Å². The molecule has 2 heterocycles. The quantitative estimate of drug-likeness (QED) is 0.854. The van der Waals surface area contributed by atoms with E-state index in [1.165, 1.54) is 62.1 Å². The van der Waals surface area contributed by atoms with Gasteiger partial charge in [-0.05, 0) is 55.4 Å². The fraction of sp³-hybridized carbons (Fsp3) is 0.625. The van der Waals surface area contributed by atoms with Gasteiger partial charge >= 0.3 is 0 Å². The lowest BCUT2D eigenvalue weighted by molar-refractivity contribution is 0.395. The van der Waals surface area contributed by atoms with Crippen LogP contribution in [0, 0.1) is 5.92 Å². The Labute approximate surface area is 110 Å². The summed E-state index contributed by atoms with van der Waals surface area (Å²) in [6, 6.07) is 6.98. The maximum Gasteiger partial charge on any atom is 0.0374 e. The van der Waals surface area contributed by atoms with E-state index in [2.05, 4.69) is 35.3 Å². The van der Waals surface area contributed by atoms with Gasteiger partial charge < -0.3 is 10.2 Å². The van der Waals surface area contributed by atoms with Gasteiger partial charge in [-0.1, -0.05) is 13.3 Å². The van der Waals surface area contributed by atoms with Crippen LogP contribution in [-0.4, -0.2) is 19.6 Å². The summed E-state index contributed by atoms with van der Waals surface area (Å²) in [5.74, 6) is 0.959. The van der Waals surface area contributed by atoms with E-state index in [-0.39, 0.29) is 0 Å². The monoisotopic (exact) mass is 244 g/mol. The van der Waals surface area contributed by atoms with Gasteiger partial charge in [0.2, 0.25) is 0 Å². The fourth-order valence-corrected chi connectivity index (χ4v) is 3.26. The molecule has 98 valence electrons. The lowest BCUT2D eigenvalue weighted by atomic mass is 9.93. The molecule has 0 aromatic heterocycles. The number of fused-ring (bicyclic) bond motifs is 1. The molecule has 2 nitrogen and oxygen atoms in total. The molecule has 0 amide bonds. The predicted molar refractivity (Wildman–Crippen MR) is 78.5 cm³/mol. The van der Waals surface area contributed by atoms with E-state index in [9.17, 15) is 0 Å². The maximum absolute atomic E-state index is 3.49. The highest BCUT2D eigenvalue weighted by Crippen LogP contribution is 2.30. The van der Waals surface area contributed by atoms with Gasteiger partial charge in [-0.15, -0.1) is 0 Å². The Morgan fingerprint density at radius 1 is 1.28 bits per heavy atom. The number of anilines is 2. The SMILES string of the molecule is CCC1CCN(c2ccc3c(c2)CCCN3)CC1. The van der Waals surface area contributed by atoms with Crippen molar-refractivity contribution >= 4 is 11.4 Å². The minimum absolute atomic E-state index is 0.959. The molecule has 0 unspecified atom stereocenters. The first-order chi connectivity index (χ1) is 8.86. The molecule has 2 heteroatoms. The Hall–Kier alpha value is -1.18. The molecule has 0 spiro atoms. The molecule has 1 N–H and O–H groups in total. The summed E-state index contributed by atoms with van der Waals surface area (Å²) in [6.07, 6.45) is 6.59. The molecule has 1 aromatic rings. The van der Waals surface area contributed by atoms with Gasteiger partial charge in [-0.3, -0.25) is 0 Å². The molecule has 0 bridgehead atoms. The van der Waals surface area contributed by atoms with Crippen molar-refractivity contribution in [2.75, 3.05) is 29.9 Å². The third-order valence-corrected chi connectivity index (χ3v) is 4.58. The Kier molecular flexibility index (Phi) is 3.44. The lowest BCUT2D eigenvalue weighted by Gasteiger charge is -2.34. The zero-order valence-electron chi connectivity index (χ0n) is 11.4. The molecule has 0 atom stereocenters. The topological polar surface area (TPSA) is 15.3 Å². The second-order valence-corrected chi connectivity index (χ2v) is 5.71. The third-order valence-electron chi connectivity index (χ3n) is 4.58. The summed E-state index contributed by atoms with van der Waals surface area (Å²) in [5, 5.41) is 3.49. The van der Waals surface area contributed by atoms with E-state index in [0.717, 1.165) is 12.5 Å². The van der Waals surface area contributed by atoms with Crippen molar-refractivity contribution in [1.82, 2.24) is 0 Å². The number of benzene rings is 1. The van der Waals surface area contributed by atoms with Crippen molar-refractivity contribution in [3.05, 3.63) is 23.8 Å². The number of nitrogens with zero attached hydrogens (tertiary/aromatic N) is 1. The van der Waals surface area contributed by atoms with E-state index >= 15 is 0 Å². The highest BCUT2D eigenvalue weighted by molar-refractivity contribution is 5.61. The molecule has 1 saturated heterocycles. The van der Waals surface area contributed by atoms with Crippen molar-refractivity contribution in [2.24, 2.45) is 5.92 Å². The zero-order valence-corrected chi connectivity index (χ0v) is 11.4. The average Bonchev–Trinajstić information content (AvgIpc) is 2.47. The van der Waals surface area contributed by atoms with Gasteiger partial charge in [-0.2, -0.15) is 0 Å². The molecule has 1 fully saturated rings. The second kappa shape index (κ2) is 5.21. The number of aryl methyl sites for hydroxylation is 1. The van der Waals surface area contributed by atoms with Crippen LogP contribution in [0.4, 0.5) is 11.4 Å². The predicted octanol–water partition coefficient (Wildman–Crippen LogP) is 3.67. The van der Waals surface area contributed by atoms with Crippen LogP contribution in [0.3, 0.4) is 0 Å². The fourth-order valence-electron chi connectivity index (χ4n) is 3.26. The molecule has 2 aliphatic heterocycles. The number of nitrogens with one attached hydrogen (secondary N) is 1. The van der Waals surface area contributed by atoms with Crippen LogP contribution in [0.1, 0.15) is 38.2 Å². The van der Waals surface area contributed by atoms with Crippen molar-refractivity contribution < 1.29 is 0 Å². The largest absolute Gasteiger partial charge is 0.385 e.